The summed E-state index contributed by atoms with van der Waals surface area (Å²) in [6.07, 6.45) is 0.328. The van der Waals surface area contributed by atoms with Crippen LogP contribution in [0.2, 0.25) is 0 Å². The van der Waals surface area contributed by atoms with Crippen LogP contribution in [0.4, 0.5) is 5.69 Å². The average molecular weight is 302 g/mol. The highest BCUT2D eigenvalue weighted by Crippen LogP contribution is 2.28. The number of hydrogen-bond acceptors (Lipinski definition) is 3. The number of anilines is 1. The van der Waals surface area contributed by atoms with Crippen molar-refractivity contribution in [2.75, 3.05) is 25.6 Å². The van der Waals surface area contributed by atoms with Crippen LogP contribution in [0, 0.1) is 0 Å². The van der Waals surface area contributed by atoms with Crippen molar-refractivity contribution < 1.29 is 14.3 Å². The summed E-state index contributed by atoms with van der Waals surface area (Å²) in [4.78, 5) is 11.6. The fraction of sp³-hybridized carbons (Fsp3) is 0.417. The van der Waals surface area contributed by atoms with Crippen molar-refractivity contribution >= 4 is 27.5 Å². The third-order valence-corrected chi connectivity index (χ3v) is 2.54. The molecular weight excluding hydrogens is 286 g/mol. The van der Waals surface area contributed by atoms with Gasteiger partial charge in [-0.05, 0) is 25.1 Å². The summed E-state index contributed by atoms with van der Waals surface area (Å²) in [5.74, 6) is 0.576. The molecule has 0 radical (unpaired) electrons. The molecule has 1 N–H and O–H groups in total. The van der Waals surface area contributed by atoms with Crippen LogP contribution in [0.1, 0.15) is 13.3 Å². The monoisotopic (exact) mass is 301 g/mol. The zero-order valence-corrected chi connectivity index (χ0v) is 11.5. The number of rotatable bonds is 6. The van der Waals surface area contributed by atoms with Gasteiger partial charge in [0.05, 0.1) is 25.3 Å². The largest absolute Gasteiger partial charge is 0.492 e. The molecular formula is C12H16BrNO3. The molecule has 1 amide bonds. The molecule has 1 aromatic carbocycles. The molecule has 0 fully saturated rings. The maximum atomic E-state index is 11.6. The highest BCUT2D eigenvalue weighted by atomic mass is 79.9. The first-order valence-electron chi connectivity index (χ1n) is 5.38. The number of methoxy groups -OCH3 is 1. The van der Waals surface area contributed by atoms with Crippen molar-refractivity contribution in [3.8, 4) is 5.75 Å². The Balaban J connectivity index is 2.73. The quantitative estimate of drug-likeness (QED) is 0.879. The summed E-state index contributed by atoms with van der Waals surface area (Å²) in [6.45, 7) is 2.87. The van der Waals surface area contributed by atoms with Gasteiger partial charge in [0.25, 0.3) is 0 Å². The number of amides is 1. The number of hydrogen-bond donors (Lipinski definition) is 1. The Morgan fingerprint density at radius 3 is 2.88 bits per heavy atom. The topological polar surface area (TPSA) is 47.6 Å². The van der Waals surface area contributed by atoms with E-state index in [0.717, 1.165) is 4.47 Å². The molecule has 0 aromatic heterocycles. The summed E-state index contributed by atoms with van der Waals surface area (Å²) < 4.78 is 11.2. The van der Waals surface area contributed by atoms with Crippen molar-refractivity contribution in [3.05, 3.63) is 22.7 Å². The molecule has 0 aliphatic heterocycles. The van der Waals surface area contributed by atoms with Crippen LogP contribution in [-0.2, 0) is 9.53 Å². The first-order chi connectivity index (χ1) is 8.17. The lowest BCUT2D eigenvalue weighted by Crippen LogP contribution is -2.14. The number of carbonyl (C=O) groups is 1. The van der Waals surface area contributed by atoms with Crippen molar-refractivity contribution in [3.63, 3.8) is 0 Å². The third kappa shape index (κ3) is 4.75. The van der Waals surface area contributed by atoms with Crippen LogP contribution < -0.4 is 10.1 Å². The second kappa shape index (κ2) is 7.29. The zero-order chi connectivity index (χ0) is 12.7. The Morgan fingerprint density at radius 1 is 1.47 bits per heavy atom. The van der Waals surface area contributed by atoms with Gasteiger partial charge in [-0.25, -0.2) is 0 Å². The van der Waals surface area contributed by atoms with Gasteiger partial charge >= 0.3 is 0 Å². The van der Waals surface area contributed by atoms with Gasteiger partial charge in [-0.15, -0.1) is 0 Å². The minimum absolute atomic E-state index is 0.0918. The summed E-state index contributed by atoms with van der Waals surface area (Å²) in [5.41, 5.74) is 0.669. The molecule has 1 rings (SSSR count). The smallest absolute Gasteiger partial charge is 0.226 e. The molecule has 1 aromatic rings. The first kappa shape index (κ1) is 14.0. The predicted molar refractivity (Wildman–Crippen MR) is 70.4 cm³/mol. The average Bonchev–Trinajstić information content (AvgIpc) is 2.30. The Morgan fingerprint density at radius 2 is 2.24 bits per heavy atom. The summed E-state index contributed by atoms with van der Waals surface area (Å²) >= 11 is 3.36. The van der Waals surface area contributed by atoms with E-state index in [1.54, 1.807) is 7.11 Å². The zero-order valence-electron chi connectivity index (χ0n) is 9.96. The lowest BCUT2D eigenvalue weighted by Gasteiger charge is -2.11. The molecule has 0 atom stereocenters. The Kier molecular flexibility index (Phi) is 6.00. The first-order valence-corrected chi connectivity index (χ1v) is 6.17. The Labute approximate surface area is 109 Å². The SMILES string of the molecule is CCOc1ccc(Br)cc1NC(=O)CCOC. The van der Waals surface area contributed by atoms with Gasteiger partial charge < -0.3 is 14.8 Å². The second-order valence-electron chi connectivity index (χ2n) is 3.36. The van der Waals surface area contributed by atoms with E-state index >= 15 is 0 Å². The molecule has 0 bridgehead atoms. The normalized spacial score (nSPS) is 10.1. The van der Waals surface area contributed by atoms with Gasteiger partial charge in [-0.3, -0.25) is 4.79 Å². The fourth-order valence-electron chi connectivity index (χ4n) is 1.29. The lowest BCUT2D eigenvalue weighted by molar-refractivity contribution is -0.117. The van der Waals surface area contributed by atoms with E-state index in [1.165, 1.54) is 0 Å². The predicted octanol–water partition coefficient (Wildman–Crippen LogP) is 2.82. The maximum absolute atomic E-state index is 11.6. The van der Waals surface area contributed by atoms with Crippen LogP contribution in [0.5, 0.6) is 5.75 Å². The van der Waals surface area contributed by atoms with E-state index in [9.17, 15) is 4.79 Å². The van der Waals surface area contributed by atoms with E-state index in [-0.39, 0.29) is 5.91 Å². The van der Waals surface area contributed by atoms with Crippen LogP contribution in [0.25, 0.3) is 0 Å². The molecule has 0 heterocycles. The highest BCUT2D eigenvalue weighted by molar-refractivity contribution is 9.10. The van der Waals surface area contributed by atoms with Crippen LogP contribution in [-0.4, -0.2) is 26.2 Å². The molecule has 17 heavy (non-hydrogen) atoms. The number of carbonyl (C=O) groups excluding carboxylic acids is 1. The van der Waals surface area contributed by atoms with Gasteiger partial charge in [0.15, 0.2) is 0 Å². The maximum Gasteiger partial charge on any atom is 0.226 e. The van der Waals surface area contributed by atoms with Crippen molar-refractivity contribution in [2.24, 2.45) is 0 Å². The van der Waals surface area contributed by atoms with Crippen LogP contribution >= 0.6 is 15.9 Å². The Hall–Kier alpha value is -1.07. The molecule has 0 saturated carbocycles. The summed E-state index contributed by atoms with van der Waals surface area (Å²) in [5, 5.41) is 2.80. The molecule has 0 saturated heterocycles. The molecule has 0 spiro atoms. The van der Waals surface area contributed by atoms with Crippen LogP contribution in [0.15, 0.2) is 22.7 Å². The van der Waals surface area contributed by atoms with E-state index in [0.29, 0.717) is 31.1 Å². The summed E-state index contributed by atoms with van der Waals surface area (Å²) in [6, 6.07) is 5.50. The second-order valence-corrected chi connectivity index (χ2v) is 4.28. The molecule has 0 aliphatic rings. The van der Waals surface area contributed by atoms with Crippen molar-refractivity contribution in [1.82, 2.24) is 0 Å². The van der Waals surface area contributed by atoms with E-state index in [4.69, 9.17) is 9.47 Å². The van der Waals surface area contributed by atoms with E-state index in [2.05, 4.69) is 21.2 Å². The fourth-order valence-corrected chi connectivity index (χ4v) is 1.65. The molecule has 0 unspecified atom stereocenters. The minimum atomic E-state index is -0.0918. The summed E-state index contributed by atoms with van der Waals surface area (Å²) in [7, 11) is 1.57. The van der Waals surface area contributed by atoms with Gasteiger partial charge in [0, 0.05) is 11.6 Å². The number of benzene rings is 1. The van der Waals surface area contributed by atoms with E-state index < -0.39 is 0 Å². The van der Waals surface area contributed by atoms with Gasteiger partial charge in [0.1, 0.15) is 5.75 Å². The van der Waals surface area contributed by atoms with E-state index in [1.807, 2.05) is 25.1 Å². The number of nitrogens with one attached hydrogen (secondary N) is 1. The van der Waals surface area contributed by atoms with Crippen LogP contribution in [0.3, 0.4) is 0 Å². The van der Waals surface area contributed by atoms with Gasteiger partial charge in [0.2, 0.25) is 5.91 Å². The Bertz CT molecular complexity index is 382. The molecule has 5 heteroatoms. The van der Waals surface area contributed by atoms with Crippen molar-refractivity contribution in [1.29, 1.82) is 0 Å². The third-order valence-electron chi connectivity index (χ3n) is 2.05. The molecule has 4 nitrogen and oxygen atoms in total. The highest BCUT2D eigenvalue weighted by Gasteiger charge is 2.08. The van der Waals surface area contributed by atoms with Crippen molar-refractivity contribution in [2.45, 2.75) is 13.3 Å². The standard InChI is InChI=1S/C12H16BrNO3/c1-3-17-11-5-4-9(13)8-10(11)14-12(15)6-7-16-2/h4-5,8H,3,6-7H2,1-2H3,(H,14,15). The minimum Gasteiger partial charge on any atom is -0.492 e. The van der Waals surface area contributed by atoms with Gasteiger partial charge in [-0.2, -0.15) is 0 Å². The van der Waals surface area contributed by atoms with Gasteiger partial charge in [-0.1, -0.05) is 15.9 Å². The molecule has 94 valence electrons. The lowest BCUT2D eigenvalue weighted by atomic mass is 10.3. The number of ether oxygens (including phenoxy) is 2. The molecule has 0 aliphatic carbocycles. The number of halogens is 1.